The van der Waals surface area contributed by atoms with Crippen LogP contribution >= 0.6 is 24.0 Å². The number of amides is 1. The summed E-state index contributed by atoms with van der Waals surface area (Å²) >= 11 is 6.65. The molecule has 92 valence electrons. The first-order chi connectivity index (χ1) is 8.74. The van der Waals surface area contributed by atoms with Crippen molar-refractivity contribution in [3.63, 3.8) is 0 Å². The molecule has 5 nitrogen and oxygen atoms in total. The van der Waals surface area contributed by atoms with Gasteiger partial charge in [0, 0.05) is 10.7 Å². The zero-order chi connectivity index (χ0) is 13.0. The first kappa shape index (κ1) is 12.9. The average Bonchev–Trinajstić information content (AvgIpc) is 2.79. The van der Waals surface area contributed by atoms with Crippen LogP contribution in [0.5, 0.6) is 0 Å². The summed E-state index contributed by atoms with van der Waals surface area (Å²) in [6.45, 7) is -0.194. The standard InChI is InChI=1S/C11H10N4OS2/c12-14-13-6-10(16)15-9(7-18-11(15)17)8-4-2-1-3-5-8/h1-5,9H,6-7H2/t9-/m1/s1. The molecule has 0 aliphatic carbocycles. The van der Waals surface area contributed by atoms with Gasteiger partial charge in [0.15, 0.2) is 0 Å². The zero-order valence-electron chi connectivity index (χ0n) is 9.39. The Bertz CT molecular complexity index is 513. The lowest BCUT2D eigenvalue weighted by Crippen LogP contribution is -2.35. The molecule has 0 unspecified atom stereocenters. The van der Waals surface area contributed by atoms with Gasteiger partial charge >= 0.3 is 0 Å². The minimum Gasteiger partial charge on any atom is -0.289 e. The molecule has 1 fully saturated rings. The van der Waals surface area contributed by atoms with Crippen LogP contribution in [-0.2, 0) is 4.79 Å². The maximum atomic E-state index is 12.0. The fraction of sp³-hybridized carbons (Fsp3) is 0.273. The van der Waals surface area contributed by atoms with Crippen molar-refractivity contribution in [1.82, 2.24) is 4.90 Å². The highest BCUT2D eigenvalue weighted by Crippen LogP contribution is 2.35. The highest BCUT2D eigenvalue weighted by molar-refractivity contribution is 8.23. The van der Waals surface area contributed by atoms with Crippen molar-refractivity contribution in [3.05, 3.63) is 46.3 Å². The third-order valence-electron chi connectivity index (χ3n) is 2.60. The Balaban J connectivity index is 2.23. The molecular formula is C11H10N4OS2. The van der Waals surface area contributed by atoms with Gasteiger partial charge in [-0.3, -0.25) is 9.69 Å². The van der Waals surface area contributed by atoms with E-state index >= 15 is 0 Å². The molecule has 1 aliphatic rings. The Kier molecular flexibility index (Phi) is 4.19. The molecule has 1 aromatic rings. The normalized spacial score (nSPS) is 18.6. The van der Waals surface area contributed by atoms with Gasteiger partial charge in [-0.2, -0.15) is 0 Å². The van der Waals surface area contributed by atoms with E-state index < -0.39 is 0 Å². The van der Waals surface area contributed by atoms with Gasteiger partial charge in [-0.1, -0.05) is 59.4 Å². The lowest BCUT2D eigenvalue weighted by Gasteiger charge is -2.23. The number of nitrogens with zero attached hydrogens (tertiary/aromatic N) is 4. The molecule has 1 amide bonds. The van der Waals surface area contributed by atoms with Crippen LogP contribution in [0.1, 0.15) is 11.6 Å². The molecule has 7 heteroatoms. The molecule has 1 aromatic carbocycles. The molecule has 1 atom stereocenters. The van der Waals surface area contributed by atoms with Crippen molar-refractivity contribution in [3.8, 4) is 0 Å². The number of rotatable bonds is 3. The van der Waals surface area contributed by atoms with Crippen LogP contribution in [-0.4, -0.2) is 27.4 Å². The first-order valence-corrected chi connectivity index (χ1v) is 6.68. The molecule has 0 bridgehead atoms. The first-order valence-electron chi connectivity index (χ1n) is 5.28. The van der Waals surface area contributed by atoms with Crippen LogP contribution in [0.4, 0.5) is 0 Å². The minimum absolute atomic E-state index is 0.0647. The second-order valence-electron chi connectivity index (χ2n) is 3.66. The van der Waals surface area contributed by atoms with Crippen LogP contribution in [0.15, 0.2) is 35.4 Å². The van der Waals surface area contributed by atoms with E-state index in [1.165, 1.54) is 11.8 Å². The SMILES string of the molecule is [N-]=[N+]=NCC(=O)N1C(=S)SC[C@@H]1c1ccccc1. The third-order valence-corrected chi connectivity index (χ3v) is 4.07. The predicted octanol–water partition coefficient (Wildman–Crippen LogP) is 2.90. The summed E-state index contributed by atoms with van der Waals surface area (Å²) in [4.78, 5) is 16.1. The van der Waals surface area contributed by atoms with E-state index in [-0.39, 0.29) is 18.5 Å². The third kappa shape index (κ3) is 2.64. The molecule has 18 heavy (non-hydrogen) atoms. The summed E-state index contributed by atoms with van der Waals surface area (Å²) in [5, 5.41) is 3.30. The number of benzene rings is 1. The molecule has 0 spiro atoms. The Hall–Kier alpha value is -1.56. The van der Waals surface area contributed by atoms with E-state index in [1.807, 2.05) is 30.3 Å². The molecular weight excluding hydrogens is 268 g/mol. The van der Waals surface area contributed by atoms with Crippen LogP contribution in [0.3, 0.4) is 0 Å². The van der Waals surface area contributed by atoms with E-state index in [9.17, 15) is 4.79 Å². The number of carbonyl (C=O) groups excluding carboxylic acids is 1. The summed E-state index contributed by atoms with van der Waals surface area (Å²) in [6.07, 6.45) is 0. The van der Waals surface area contributed by atoms with E-state index in [0.29, 0.717) is 4.32 Å². The number of thioether (sulfide) groups is 1. The fourth-order valence-corrected chi connectivity index (χ4v) is 3.23. The van der Waals surface area contributed by atoms with Crippen molar-refractivity contribution in [2.24, 2.45) is 5.11 Å². The molecule has 0 N–H and O–H groups in total. The second kappa shape index (κ2) is 5.86. The van der Waals surface area contributed by atoms with E-state index in [4.69, 9.17) is 17.7 Å². The van der Waals surface area contributed by atoms with Gasteiger partial charge in [0.2, 0.25) is 5.91 Å². The summed E-state index contributed by atoms with van der Waals surface area (Å²) in [5.41, 5.74) is 9.30. The molecule has 0 saturated carbocycles. The molecule has 0 radical (unpaired) electrons. The Morgan fingerprint density at radius 3 is 2.94 bits per heavy atom. The van der Waals surface area contributed by atoms with Gasteiger partial charge in [0.25, 0.3) is 0 Å². The van der Waals surface area contributed by atoms with Gasteiger partial charge < -0.3 is 0 Å². The van der Waals surface area contributed by atoms with Gasteiger partial charge in [-0.25, -0.2) is 0 Å². The number of hydrogen-bond donors (Lipinski definition) is 0. The monoisotopic (exact) mass is 278 g/mol. The van der Waals surface area contributed by atoms with E-state index in [2.05, 4.69) is 10.0 Å². The Morgan fingerprint density at radius 1 is 1.56 bits per heavy atom. The lowest BCUT2D eigenvalue weighted by molar-refractivity contribution is -0.126. The van der Waals surface area contributed by atoms with Crippen molar-refractivity contribution < 1.29 is 4.79 Å². The van der Waals surface area contributed by atoms with Crippen LogP contribution in [0, 0.1) is 0 Å². The summed E-state index contributed by atoms with van der Waals surface area (Å²) < 4.78 is 0.544. The Morgan fingerprint density at radius 2 is 2.28 bits per heavy atom. The zero-order valence-corrected chi connectivity index (χ0v) is 11.0. The van der Waals surface area contributed by atoms with E-state index in [0.717, 1.165) is 11.3 Å². The smallest absolute Gasteiger partial charge is 0.234 e. The quantitative estimate of drug-likeness (QED) is 0.369. The highest BCUT2D eigenvalue weighted by Gasteiger charge is 2.34. The molecule has 2 rings (SSSR count). The summed E-state index contributed by atoms with van der Waals surface area (Å²) in [7, 11) is 0. The highest BCUT2D eigenvalue weighted by atomic mass is 32.2. The lowest BCUT2D eigenvalue weighted by atomic mass is 10.1. The van der Waals surface area contributed by atoms with Gasteiger partial charge in [-0.15, -0.1) is 0 Å². The molecule has 1 heterocycles. The minimum atomic E-state index is -0.253. The van der Waals surface area contributed by atoms with Gasteiger partial charge in [-0.05, 0) is 11.1 Å². The molecule has 0 aromatic heterocycles. The van der Waals surface area contributed by atoms with E-state index in [1.54, 1.807) is 4.90 Å². The van der Waals surface area contributed by atoms with Crippen molar-refractivity contribution >= 4 is 34.2 Å². The number of hydrogen-bond acceptors (Lipinski definition) is 4. The van der Waals surface area contributed by atoms with Crippen molar-refractivity contribution in [2.75, 3.05) is 12.3 Å². The topological polar surface area (TPSA) is 69.1 Å². The maximum Gasteiger partial charge on any atom is 0.234 e. The number of azide groups is 1. The number of thiocarbonyl (C=S) groups is 1. The van der Waals surface area contributed by atoms with Crippen LogP contribution in [0.25, 0.3) is 10.4 Å². The number of carbonyl (C=O) groups is 1. The predicted molar refractivity (Wildman–Crippen MR) is 75.1 cm³/mol. The van der Waals surface area contributed by atoms with Crippen molar-refractivity contribution in [1.29, 1.82) is 0 Å². The van der Waals surface area contributed by atoms with Crippen LogP contribution in [0.2, 0.25) is 0 Å². The van der Waals surface area contributed by atoms with Crippen molar-refractivity contribution in [2.45, 2.75) is 6.04 Å². The van der Waals surface area contributed by atoms with Gasteiger partial charge in [0.1, 0.15) is 10.9 Å². The van der Waals surface area contributed by atoms with Crippen LogP contribution < -0.4 is 0 Å². The summed E-state index contributed by atoms with van der Waals surface area (Å²) in [5.74, 6) is 0.488. The van der Waals surface area contributed by atoms with Gasteiger partial charge in [0.05, 0.1) is 6.04 Å². The fourth-order valence-electron chi connectivity index (χ4n) is 1.79. The molecule has 1 aliphatic heterocycles. The molecule has 1 saturated heterocycles. The average molecular weight is 278 g/mol. The Labute approximate surface area is 114 Å². The largest absolute Gasteiger partial charge is 0.289 e. The maximum absolute atomic E-state index is 12.0. The second-order valence-corrected chi connectivity index (χ2v) is 5.31. The summed E-state index contributed by atoms with van der Waals surface area (Å²) in [6, 6.07) is 9.65.